The van der Waals surface area contributed by atoms with Gasteiger partial charge in [-0.1, -0.05) is 173 Å². The minimum absolute atomic E-state index is 0.0670. The van der Waals surface area contributed by atoms with E-state index >= 15 is 0 Å². The van der Waals surface area contributed by atoms with Gasteiger partial charge in [0.1, 0.15) is 0 Å². The number of hydrogen-bond donors (Lipinski definition) is 0. The zero-order valence-electron chi connectivity index (χ0n) is 32.8. The van der Waals surface area contributed by atoms with Crippen molar-refractivity contribution < 1.29 is 0 Å². The highest BCUT2D eigenvalue weighted by atomic mass is 15.1. The lowest BCUT2D eigenvalue weighted by molar-refractivity contribution is 0.660. The second-order valence-electron chi connectivity index (χ2n) is 17.0. The maximum Gasteiger partial charge on any atom is 0.0546 e. The maximum atomic E-state index is 2.48. The normalized spacial score (nSPS) is 14.2. The molecule has 1 heteroatoms. The number of anilines is 3. The van der Waals surface area contributed by atoms with Crippen molar-refractivity contribution in [1.82, 2.24) is 0 Å². The molecule has 0 atom stereocenters. The molecule has 0 radical (unpaired) electrons. The van der Waals surface area contributed by atoms with Crippen molar-refractivity contribution >= 4 is 38.6 Å². The highest BCUT2D eigenvalue weighted by Gasteiger charge is 2.37. The minimum Gasteiger partial charge on any atom is -0.310 e. The molecule has 0 amide bonds. The Hall–Kier alpha value is -6.70. The average Bonchev–Trinajstić information content (AvgIpc) is 3.62. The van der Waals surface area contributed by atoms with Gasteiger partial charge in [0.2, 0.25) is 0 Å². The predicted octanol–water partition coefficient (Wildman–Crippen LogP) is 15.4. The predicted molar refractivity (Wildman–Crippen MR) is 242 cm³/mol. The molecule has 0 spiro atoms. The van der Waals surface area contributed by atoms with Crippen LogP contribution in [0.5, 0.6) is 0 Å². The third-order valence-corrected chi connectivity index (χ3v) is 13.0. The Bertz CT molecular complexity index is 3090. The summed E-state index contributed by atoms with van der Waals surface area (Å²) in [4.78, 5) is 2.48. The molecule has 9 aromatic carbocycles. The van der Waals surface area contributed by atoms with Gasteiger partial charge in [-0.15, -0.1) is 0 Å². The number of hydrogen-bond acceptors (Lipinski definition) is 1. The van der Waals surface area contributed by atoms with E-state index in [-0.39, 0.29) is 10.8 Å². The van der Waals surface area contributed by atoms with Gasteiger partial charge in [0.25, 0.3) is 0 Å². The van der Waals surface area contributed by atoms with Crippen molar-refractivity contribution in [2.24, 2.45) is 0 Å². The molecule has 0 bridgehead atoms. The molecule has 0 aliphatic heterocycles. The van der Waals surface area contributed by atoms with E-state index in [9.17, 15) is 0 Å². The SMILES string of the molecule is CC1(C)c2ccccc2-c2ccc(-c3cccc(N(c4ccc5ccccc5c4)c4ccc5ccccc5c4-c4ccc5c(c4)C(C)(C)c4ccccc4-5)c3)cc21. The standard InChI is InChI=1S/C56H43N/c1-55(2)49-22-11-9-20-45(49)47-29-25-40(34-51(47)55)39-17-13-18-42(33-39)57(43-28-24-36-14-5-6-16-38(36)32-43)53-31-27-37-15-7-8-19-44(37)54(53)41-26-30-48-46-21-10-12-23-50(46)56(3,4)52(48)35-41/h5-35H,1-4H3. The fourth-order valence-electron chi connectivity index (χ4n) is 10.1. The first-order valence-corrected chi connectivity index (χ1v) is 20.2. The van der Waals surface area contributed by atoms with E-state index in [1.165, 1.54) is 88.3 Å². The Morgan fingerprint density at radius 2 is 0.860 bits per heavy atom. The van der Waals surface area contributed by atoms with E-state index in [0.29, 0.717) is 0 Å². The molecule has 57 heavy (non-hydrogen) atoms. The number of fused-ring (bicyclic) bond motifs is 8. The molecule has 9 aromatic rings. The van der Waals surface area contributed by atoms with E-state index in [0.717, 1.165) is 17.1 Å². The van der Waals surface area contributed by atoms with Crippen molar-refractivity contribution in [3.63, 3.8) is 0 Å². The van der Waals surface area contributed by atoms with Crippen LogP contribution in [-0.4, -0.2) is 0 Å². The first-order chi connectivity index (χ1) is 27.8. The molecule has 0 unspecified atom stereocenters. The summed E-state index contributed by atoms with van der Waals surface area (Å²) in [7, 11) is 0. The molecular weight excluding hydrogens is 687 g/mol. The Labute approximate surface area is 335 Å². The molecule has 0 saturated carbocycles. The second-order valence-corrected chi connectivity index (χ2v) is 17.0. The lowest BCUT2D eigenvalue weighted by atomic mass is 9.81. The topological polar surface area (TPSA) is 3.24 Å². The van der Waals surface area contributed by atoms with Crippen molar-refractivity contribution in [3.8, 4) is 44.5 Å². The molecule has 2 aliphatic carbocycles. The highest BCUT2D eigenvalue weighted by molar-refractivity contribution is 6.06. The third-order valence-electron chi connectivity index (χ3n) is 13.0. The summed E-state index contributed by atoms with van der Waals surface area (Å²) in [6.45, 7) is 9.47. The number of rotatable bonds is 5. The Kier molecular flexibility index (Phi) is 7.32. The van der Waals surface area contributed by atoms with Gasteiger partial charge in [0.05, 0.1) is 5.69 Å². The summed E-state index contributed by atoms with van der Waals surface area (Å²) >= 11 is 0. The van der Waals surface area contributed by atoms with E-state index < -0.39 is 0 Å². The van der Waals surface area contributed by atoms with Crippen LogP contribution >= 0.6 is 0 Å². The van der Waals surface area contributed by atoms with Gasteiger partial charge in [-0.3, -0.25) is 0 Å². The van der Waals surface area contributed by atoms with Gasteiger partial charge in [-0.25, -0.2) is 0 Å². The fourth-order valence-corrected chi connectivity index (χ4v) is 10.1. The van der Waals surface area contributed by atoms with Crippen LogP contribution in [0.25, 0.3) is 66.1 Å². The van der Waals surface area contributed by atoms with E-state index in [2.05, 4.69) is 221 Å². The molecule has 0 N–H and O–H groups in total. The van der Waals surface area contributed by atoms with Crippen molar-refractivity contribution in [2.75, 3.05) is 4.90 Å². The molecular formula is C56H43N. The van der Waals surface area contributed by atoms with Crippen LogP contribution in [0.3, 0.4) is 0 Å². The summed E-state index contributed by atoms with van der Waals surface area (Å²) in [5, 5.41) is 4.92. The summed E-state index contributed by atoms with van der Waals surface area (Å²) in [6, 6.07) is 70.3. The molecule has 272 valence electrons. The van der Waals surface area contributed by atoms with E-state index in [1.807, 2.05) is 0 Å². The Morgan fingerprint density at radius 1 is 0.333 bits per heavy atom. The van der Waals surface area contributed by atoms with Gasteiger partial charge >= 0.3 is 0 Å². The smallest absolute Gasteiger partial charge is 0.0546 e. The monoisotopic (exact) mass is 729 g/mol. The minimum atomic E-state index is -0.106. The molecule has 0 heterocycles. The second kappa shape index (κ2) is 12.4. The zero-order chi connectivity index (χ0) is 38.5. The van der Waals surface area contributed by atoms with Crippen LogP contribution in [0.2, 0.25) is 0 Å². The van der Waals surface area contributed by atoms with Crippen LogP contribution in [0.1, 0.15) is 49.9 Å². The van der Waals surface area contributed by atoms with Crippen molar-refractivity contribution in [2.45, 2.75) is 38.5 Å². The lowest BCUT2D eigenvalue weighted by Gasteiger charge is -2.30. The van der Waals surface area contributed by atoms with Crippen LogP contribution in [0.4, 0.5) is 17.1 Å². The average molecular weight is 730 g/mol. The quantitative estimate of drug-likeness (QED) is 0.170. The zero-order valence-corrected chi connectivity index (χ0v) is 32.8. The summed E-state index contributed by atoms with van der Waals surface area (Å²) in [5.41, 5.74) is 19.0. The Morgan fingerprint density at radius 3 is 1.58 bits per heavy atom. The van der Waals surface area contributed by atoms with Crippen LogP contribution < -0.4 is 4.90 Å². The number of benzene rings is 9. The lowest BCUT2D eigenvalue weighted by Crippen LogP contribution is -2.15. The van der Waals surface area contributed by atoms with Gasteiger partial charge in [-0.05, 0) is 125 Å². The summed E-state index contributed by atoms with van der Waals surface area (Å²) in [5.74, 6) is 0. The molecule has 0 fully saturated rings. The van der Waals surface area contributed by atoms with Crippen LogP contribution in [0.15, 0.2) is 188 Å². The highest BCUT2D eigenvalue weighted by Crippen LogP contribution is 2.53. The van der Waals surface area contributed by atoms with Gasteiger partial charge in [0, 0.05) is 27.8 Å². The molecule has 0 aromatic heterocycles. The largest absolute Gasteiger partial charge is 0.310 e. The van der Waals surface area contributed by atoms with Gasteiger partial charge < -0.3 is 4.90 Å². The fraction of sp³-hybridized carbons (Fsp3) is 0.107. The summed E-state index contributed by atoms with van der Waals surface area (Å²) in [6.07, 6.45) is 0. The van der Waals surface area contributed by atoms with E-state index in [4.69, 9.17) is 0 Å². The first-order valence-electron chi connectivity index (χ1n) is 20.2. The molecule has 2 aliphatic rings. The Balaban J connectivity index is 1.13. The van der Waals surface area contributed by atoms with Crippen molar-refractivity contribution in [3.05, 3.63) is 210 Å². The first kappa shape index (κ1) is 33.6. The maximum absolute atomic E-state index is 2.48. The third kappa shape index (κ3) is 5.08. The summed E-state index contributed by atoms with van der Waals surface area (Å²) < 4.78 is 0. The molecule has 0 saturated heterocycles. The van der Waals surface area contributed by atoms with Crippen LogP contribution in [0, 0.1) is 0 Å². The van der Waals surface area contributed by atoms with Crippen LogP contribution in [-0.2, 0) is 10.8 Å². The molecule has 11 rings (SSSR count). The van der Waals surface area contributed by atoms with E-state index in [1.54, 1.807) is 0 Å². The van der Waals surface area contributed by atoms with Crippen molar-refractivity contribution in [1.29, 1.82) is 0 Å². The van der Waals surface area contributed by atoms with Gasteiger partial charge in [0.15, 0.2) is 0 Å². The molecule has 1 nitrogen and oxygen atoms in total. The number of nitrogens with zero attached hydrogens (tertiary/aromatic N) is 1. The van der Waals surface area contributed by atoms with Gasteiger partial charge in [-0.2, -0.15) is 0 Å².